The highest BCUT2D eigenvalue weighted by Crippen LogP contribution is 2.33. The topological polar surface area (TPSA) is 68.8 Å². The summed E-state index contributed by atoms with van der Waals surface area (Å²) in [6.07, 6.45) is 0. The minimum atomic E-state index is -0.446. The van der Waals surface area contributed by atoms with Crippen molar-refractivity contribution in [2.24, 2.45) is 0 Å². The average Bonchev–Trinajstić information content (AvgIpc) is 3.10. The molecule has 1 amide bonds. The molecule has 2 aromatic carbocycles. The third-order valence-electron chi connectivity index (χ3n) is 4.15. The van der Waals surface area contributed by atoms with Gasteiger partial charge in [-0.1, -0.05) is 17.7 Å². The number of hydrogen-bond donors (Lipinski definition) is 2. The summed E-state index contributed by atoms with van der Waals surface area (Å²) in [6, 6.07) is 8.76. The van der Waals surface area contributed by atoms with Gasteiger partial charge in [-0.3, -0.25) is 4.79 Å². The molecule has 0 saturated carbocycles. The molecule has 7 heteroatoms. The van der Waals surface area contributed by atoms with Crippen LogP contribution in [-0.4, -0.2) is 25.9 Å². The van der Waals surface area contributed by atoms with E-state index in [1.54, 1.807) is 20.1 Å². The van der Waals surface area contributed by atoms with Crippen LogP contribution in [0.4, 0.5) is 5.69 Å². The molecule has 0 saturated heterocycles. The summed E-state index contributed by atoms with van der Waals surface area (Å²) in [5.74, 6) is 1.89. The van der Waals surface area contributed by atoms with Crippen LogP contribution in [0.1, 0.15) is 18.1 Å². The Labute approximate surface area is 157 Å². The number of benzene rings is 2. The first-order chi connectivity index (χ1) is 12.5. The summed E-state index contributed by atoms with van der Waals surface area (Å²) in [6.45, 7) is 4.32. The molecule has 0 aromatic heterocycles. The Hall–Kier alpha value is -2.60. The van der Waals surface area contributed by atoms with Gasteiger partial charge in [-0.2, -0.15) is 0 Å². The molecule has 138 valence electrons. The van der Waals surface area contributed by atoms with Crippen molar-refractivity contribution in [3.8, 4) is 17.2 Å². The zero-order valence-corrected chi connectivity index (χ0v) is 15.6. The lowest BCUT2D eigenvalue weighted by atomic mass is 10.1. The maximum atomic E-state index is 12.4. The summed E-state index contributed by atoms with van der Waals surface area (Å²) < 4.78 is 16.0. The molecule has 1 atom stereocenters. The average molecular weight is 377 g/mol. The summed E-state index contributed by atoms with van der Waals surface area (Å²) in [5.41, 5.74) is 2.57. The van der Waals surface area contributed by atoms with Crippen LogP contribution in [0.3, 0.4) is 0 Å². The van der Waals surface area contributed by atoms with Gasteiger partial charge in [0.25, 0.3) is 0 Å². The molecular formula is C19H21ClN2O4. The molecule has 2 N–H and O–H groups in total. The Kier molecular flexibility index (Phi) is 5.42. The Morgan fingerprint density at radius 3 is 2.81 bits per heavy atom. The van der Waals surface area contributed by atoms with Crippen molar-refractivity contribution in [2.75, 3.05) is 19.2 Å². The normalized spacial score (nSPS) is 13.2. The molecule has 1 heterocycles. The number of carbonyl (C=O) groups is 1. The van der Waals surface area contributed by atoms with E-state index < -0.39 is 6.04 Å². The van der Waals surface area contributed by atoms with Crippen molar-refractivity contribution in [2.45, 2.75) is 26.4 Å². The van der Waals surface area contributed by atoms with Crippen molar-refractivity contribution < 1.29 is 19.0 Å². The minimum absolute atomic E-state index is 0.127. The number of amides is 1. The number of rotatable bonds is 6. The lowest BCUT2D eigenvalue weighted by Crippen LogP contribution is -2.37. The van der Waals surface area contributed by atoms with Crippen molar-refractivity contribution in [1.29, 1.82) is 0 Å². The van der Waals surface area contributed by atoms with Crippen molar-refractivity contribution in [3.05, 3.63) is 46.5 Å². The predicted octanol–water partition coefficient (Wildman–Crippen LogP) is 3.50. The Bertz CT molecular complexity index is 825. The van der Waals surface area contributed by atoms with Crippen LogP contribution in [0.2, 0.25) is 5.02 Å². The molecule has 0 aliphatic carbocycles. The first-order valence-corrected chi connectivity index (χ1v) is 8.62. The van der Waals surface area contributed by atoms with Gasteiger partial charge in [-0.15, -0.1) is 0 Å². The molecule has 0 unspecified atom stereocenters. The monoisotopic (exact) mass is 376 g/mol. The number of nitrogens with one attached hydrogen (secondary N) is 2. The molecule has 1 aliphatic rings. The standard InChI is InChI=1S/C19H21ClN2O4/c1-11-6-15(17(24-3)8-14(11)20)22-12(2)19(23)21-9-13-4-5-16-18(7-13)26-10-25-16/h4-8,12,22H,9-10H2,1-3H3,(H,21,23)/t12-/m0/s1. The van der Waals surface area contributed by atoms with Crippen LogP contribution in [0.15, 0.2) is 30.3 Å². The maximum absolute atomic E-state index is 12.4. The molecule has 26 heavy (non-hydrogen) atoms. The maximum Gasteiger partial charge on any atom is 0.242 e. The van der Waals surface area contributed by atoms with Gasteiger partial charge < -0.3 is 24.8 Å². The van der Waals surface area contributed by atoms with Gasteiger partial charge in [0.15, 0.2) is 11.5 Å². The first kappa shape index (κ1) is 18.2. The zero-order chi connectivity index (χ0) is 18.7. The highest BCUT2D eigenvalue weighted by atomic mass is 35.5. The van der Waals surface area contributed by atoms with Crippen LogP contribution in [-0.2, 0) is 11.3 Å². The van der Waals surface area contributed by atoms with Gasteiger partial charge in [0.1, 0.15) is 11.8 Å². The summed E-state index contributed by atoms with van der Waals surface area (Å²) in [7, 11) is 1.57. The number of aryl methyl sites for hydroxylation is 1. The van der Waals surface area contributed by atoms with E-state index in [1.165, 1.54) is 0 Å². The predicted molar refractivity (Wildman–Crippen MR) is 100 cm³/mol. The number of methoxy groups -OCH3 is 1. The quantitative estimate of drug-likeness (QED) is 0.807. The van der Waals surface area contributed by atoms with Gasteiger partial charge in [0, 0.05) is 17.6 Å². The number of halogens is 1. The number of fused-ring (bicyclic) bond motifs is 1. The fraction of sp³-hybridized carbons (Fsp3) is 0.316. The molecular weight excluding hydrogens is 356 g/mol. The van der Waals surface area contributed by atoms with E-state index >= 15 is 0 Å². The molecule has 3 rings (SSSR count). The first-order valence-electron chi connectivity index (χ1n) is 8.25. The molecule has 6 nitrogen and oxygen atoms in total. The van der Waals surface area contributed by atoms with E-state index in [0.29, 0.717) is 23.1 Å². The summed E-state index contributed by atoms with van der Waals surface area (Å²) >= 11 is 6.12. The van der Waals surface area contributed by atoms with Crippen LogP contribution in [0.25, 0.3) is 0 Å². The lowest BCUT2D eigenvalue weighted by molar-refractivity contribution is -0.121. The van der Waals surface area contributed by atoms with Crippen molar-refractivity contribution in [3.63, 3.8) is 0 Å². The van der Waals surface area contributed by atoms with Gasteiger partial charge in [0.05, 0.1) is 12.8 Å². The SMILES string of the molecule is COc1cc(Cl)c(C)cc1N[C@@H](C)C(=O)NCc1ccc2c(c1)OCO2. The summed E-state index contributed by atoms with van der Waals surface area (Å²) in [5, 5.41) is 6.69. The molecule has 0 radical (unpaired) electrons. The van der Waals surface area contributed by atoms with E-state index in [0.717, 1.165) is 22.6 Å². The van der Waals surface area contributed by atoms with Crippen LogP contribution < -0.4 is 24.8 Å². The van der Waals surface area contributed by atoms with Gasteiger partial charge in [0.2, 0.25) is 12.7 Å². The highest BCUT2D eigenvalue weighted by Gasteiger charge is 2.17. The fourth-order valence-corrected chi connectivity index (χ4v) is 2.79. The van der Waals surface area contributed by atoms with E-state index in [1.807, 2.05) is 31.2 Å². The number of carbonyl (C=O) groups excluding carboxylic acids is 1. The van der Waals surface area contributed by atoms with Crippen LogP contribution >= 0.6 is 11.6 Å². The Morgan fingerprint density at radius 2 is 2.04 bits per heavy atom. The van der Waals surface area contributed by atoms with Gasteiger partial charge >= 0.3 is 0 Å². The summed E-state index contributed by atoms with van der Waals surface area (Å²) in [4.78, 5) is 12.4. The second kappa shape index (κ2) is 7.74. The fourth-order valence-electron chi connectivity index (χ4n) is 2.64. The lowest BCUT2D eigenvalue weighted by Gasteiger charge is -2.18. The number of hydrogen-bond acceptors (Lipinski definition) is 5. The second-order valence-corrected chi connectivity index (χ2v) is 6.48. The van der Waals surface area contributed by atoms with Gasteiger partial charge in [-0.25, -0.2) is 0 Å². The Morgan fingerprint density at radius 1 is 1.27 bits per heavy atom. The zero-order valence-electron chi connectivity index (χ0n) is 14.9. The third-order valence-corrected chi connectivity index (χ3v) is 4.56. The number of anilines is 1. The molecule has 0 fully saturated rings. The molecule has 0 spiro atoms. The van der Waals surface area contributed by atoms with Gasteiger partial charge in [-0.05, 0) is 43.2 Å². The molecule has 1 aliphatic heterocycles. The highest BCUT2D eigenvalue weighted by molar-refractivity contribution is 6.31. The molecule has 2 aromatic rings. The van der Waals surface area contributed by atoms with Crippen LogP contribution in [0.5, 0.6) is 17.2 Å². The largest absolute Gasteiger partial charge is 0.495 e. The van der Waals surface area contributed by atoms with E-state index in [-0.39, 0.29) is 12.7 Å². The van der Waals surface area contributed by atoms with E-state index in [2.05, 4.69) is 10.6 Å². The van der Waals surface area contributed by atoms with Crippen molar-refractivity contribution >= 4 is 23.2 Å². The van der Waals surface area contributed by atoms with Crippen LogP contribution in [0, 0.1) is 6.92 Å². The Balaban J connectivity index is 1.61. The smallest absolute Gasteiger partial charge is 0.242 e. The third kappa shape index (κ3) is 3.96. The van der Waals surface area contributed by atoms with E-state index in [9.17, 15) is 4.79 Å². The van der Waals surface area contributed by atoms with E-state index in [4.69, 9.17) is 25.8 Å². The number of ether oxygens (including phenoxy) is 3. The van der Waals surface area contributed by atoms with Crippen molar-refractivity contribution in [1.82, 2.24) is 5.32 Å². The minimum Gasteiger partial charge on any atom is -0.495 e. The molecule has 0 bridgehead atoms. The second-order valence-electron chi connectivity index (χ2n) is 6.07.